The number of benzene rings is 1. The Morgan fingerprint density at radius 1 is 1.47 bits per heavy atom. The Kier molecular flexibility index (Phi) is 3.54. The number of anilines is 1. The van der Waals surface area contributed by atoms with Crippen molar-refractivity contribution in [3.63, 3.8) is 0 Å². The second kappa shape index (κ2) is 4.98. The molecule has 0 saturated carbocycles. The van der Waals surface area contributed by atoms with Crippen LogP contribution in [0.1, 0.15) is 5.56 Å². The van der Waals surface area contributed by atoms with Gasteiger partial charge in [-0.1, -0.05) is 6.07 Å². The van der Waals surface area contributed by atoms with Crippen molar-refractivity contribution in [1.29, 1.82) is 0 Å². The molecule has 2 aromatic rings. The molecule has 1 heterocycles. The highest BCUT2D eigenvalue weighted by atomic mass is 32.2. The van der Waals surface area contributed by atoms with Crippen LogP contribution in [0.15, 0.2) is 35.5 Å². The van der Waals surface area contributed by atoms with Crippen LogP contribution < -0.4 is 10.5 Å². The molecule has 3 N–H and O–H groups in total. The Balaban J connectivity index is 2.34. The van der Waals surface area contributed by atoms with Crippen molar-refractivity contribution < 1.29 is 12.8 Å². The van der Waals surface area contributed by atoms with E-state index in [1.54, 1.807) is 7.05 Å². The molecule has 1 aromatic heterocycles. The maximum Gasteiger partial charge on any atom is 0.264 e. The van der Waals surface area contributed by atoms with Gasteiger partial charge in [0.2, 0.25) is 0 Å². The van der Waals surface area contributed by atoms with Crippen molar-refractivity contribution in [2.75, 3.05) is 4.72 Å². The van der Waals surface area contributed by atoms with E-state index in [2.05, 4.69) is 9.82 Å². The van der Waals surface area contributed by atoms with Crippen molar-refractivity contribution in [1.82, 2.24) is 9.78 Å². The Bertz CT molecular complexity index is 696. The first-order chi connectivity index (χ1) is 8.92. The topological polar surface area (TPSA) is 90.0 Å². The van der Waals surface area contributed by atoms with Crippen molar-refractivity contribution in [2.24, 2.45) is 12.8 Å². The molecule has 0 saturated heterocycles. The van der Waals surface area contributed by atoms with E-state index < -0.39 is 20.7 Å². The van der Waals surface area contributed by atoms with E-state index >= 15 is 0 Å². The normalized spacial score (nSPS) is 11.5. The van der Waals surface area contributed by atoms with Crippen molar-refractivity contribution >= 4 is 15.7 Å². The summed E-state index contributed by atoms with van der Waals surface area (Å²) in [6.07, 6.45) is 2.81. The molecule has 19 heavy (non-hydrogen) atoms. The molecule has 6 nitrogen and oxygen atoms in total. The van der Waals surface area contributed by atoms with Gasteiger partial charge < -0.3 is 5.73 Å². The zero-order valence-electron chi connectivity index (χ0n) is 10.2. The minimum Gasteiger partial charge on any atom is -0.326 e. The summed E-state index contributed by atoms with van der Waals surface area (Å²) in [5.41, 5.74) is 6.16. The molecule has 0 aliphatic carbocycles. The van der Waals surface area contributed by atoms with Gasteiger partial charge in [0.25, 0.3) is 10.0 Å². The van der Waals surface area contributed by atoms with Crippen LogP contribution >= 0.6 is 0 Å². The summed E-state index contributed by atoms with van der Waals surface area (Å²) in [7, 11) is -2.33. The highest BCUT2D eigenvalue weighted by Crippen LogP contribution is 2.19. The van der Waals surface area contributed by atoms with Crippen LogP contribution in [0, 0.1) is 5.82 Å². The molecule has 0 amide bonds. The predicted octanol–water partition coefficient (Wildman–Crippen LogP) is 0.819. The molecule has 0 aliphatic rings. The van der Waals surface area contributed by atoms with Crippen LogP contribution in [0.5, 0.6) is 0 Å². The molecule has 0 spiro atoms. The molecule has 0 radical (unpaired) electrons. The molecule has 0 atom stereocenters. The molecule has 0 aliphatic heterocycles. The standard InChI is InChI=1S/C11H13FN4O2S/c1-16-7-9(6-14-16)15-19(17,18)11-3-2-8(5-13)4-10(11)12/h2-4,6-7,15H,5,13H2,1H3. The van der Waals surface area contributed by atoms with Gasteiger partial charge in [-0.15, -0.1) is 0 Å². The Morgan fingerprint density at radius 2 is 2.21 bits per heavy atom. The van der Waals surface area contributed by atoms with Crippen molar-refractivity contribution in [2.45, 2.75) is 11.4 Å². The molecule has 1 aromatic carbocycles. The Morgan fingerprint density at radius 3 is 2.74 bits per heavy atom. The van der Waals surface area contributed by atoms with Crippen LogP contribution in [-0.2, 0) is 23.6 Å². The first-order valence-electron chi connectivity index (χ1n) is 5.42. The van der Waals surface area contributed by atoms with E-state index in [4.69, 9.17) is 5.73 Å². The van der Waals surface area contributed by atoms with Gasteiger partial charge >= 0.3 is 0 Å². The first kappa shape index (κ1) is 13.5. The second-order valence-corrected chi connectivity index (χ2v) is 5.63. The van der Waals surface area contributed by atoms with Gasteiger partial charge in [-0.05, 0) is 17.7 Å². The van der Waals surface area contributed by atoms with E-state index in [-0.39, 0.29) is 12.2 Å². The fourth-order valence-corrected chi connectivity index (χ4v) is 2.66. The third kappa shape index (κ3) is 2.91. The lowest BCUT2D eigenvalue weighted by Crippen LogP contribution is -2.14. The maximum atomic E-state index is 13.7. The average Bonchev–Trinajstić information content (AvgIpc) is 2.73. The number of hydrogen-bond acceptors (Lipinski definition) is 4. The summed E-state index contributed by atoms with van der Waals surface area (Å²) in [6.45, 7) is 0.146. The first-order valence-corrected chi connectivity index (χ1v) is 6.90. The van der Waals surface area contributed by atoms with Crippen molar-refractivity contribution in [3.8, 4) is 0 Å². The Hall–Kier alpha value is -1.93. The smallest absolute Gasteiger partial charge is 0.264 e. The van der Waals surface area contributed by atoms with Crippen LogP contribution in [0.4, 0.5) is 10.1 Å². The van der Waals surface area contributed by atoms with Gasteiger partial charge in [0.05, 0.1) is 11.9 Å². The summed E-state index contributed by atoms with van der Waals surface area (Å²) < 4.78 is 41.5. The second-order valence-electron chi connectivity index (χ2n) is 3.98. The summed E-state index contributed by atoms with van der Waals surface area (Å²) in [5.74, 6) is -0.834. The van der Waals surface area contributed by atoms with E-state index in [1.807, 2.05) is 0 Å². The van der Waals surface area contributed by atoms with Crippen LogP contribution in [0.3, 0.4) is 0 Å². The quantitative estimate of drug-likeness (QED) is 0.869. The lowest BCUT2D eigenvalue weighted by atomic mass is 10.2. The molecular weight excluding hydrogens is 271 g/mol. The summed E-state index contributed by atoms with van der Waals surface area (Å²) >= 11 is 0. The van der Waals surface area contributed by atoms with Crippen LogP contribution in [-0.4, -0.2) is 18.2 Å². The number of nitrogens with one attached hydrogen (secondary N) is 1. The number of aromatic nitrogens is 2. The number of nitrogens with two attached hydrogens (primary N) is 1. The highest BCUT2D eigenvalue weighted by Gasteiger charge is 2.19. The zero-order valence-corrected chi connectivity index (χ0v) is 11.0. The van der Waals surface area contributed by atoms with Gasteiger partial charge in [-0.3, -0.25) is 9.40 Å². The minimum absolute atomic E-state index is 0.146. The number of aryl methyl sites for hydroxylation is 1. The van der Waals surface area contributed by atoms with Gasteiger partial charge in [0.15, 0.2) is 0 Å². The molecule has 0 fully saturated rings. The fraction of sp³-hybridized carbons (Fsp3) is 0.182. The number of nitrogens with zero attached hydrogens (tertiary/aromatic N) is 2. The highest BCUT2D eigenvalue weighted by molar-refractivity contribution is 7.92. The van der Waals surface area contributed by atoms with E-state index in [0.29, 0.717) is 5.56 Å². The third-order valence-electron chi connectivity index (χ3n) is 2.48. The van der Waals surface area contributed by atoms with Gasteiger partial charge in [-0.2, -0.15) is 5.10 Å². The summed E-state index contributed by atoms with van der Waals surface area (Å²) in [6, 6.07) is 3.77. The van der Waals surface area contributed by atoms with E-state index in [0.717, 1.165) is 6.07 Å². The molecule has 8 heteroatoms. The van der Waals surface area contributed by atoms with Crippen LogP contribution in [0.2, 0.25) is 0 Å². The number of halogens is 1. The monoisotopic (exact) mass is 284 g/mol. The van der Waals surface area contributed by atoms with Gasteiger partial charge in [0, 0.05) is 19.8 Å². The van der Waals surface area contributed by atoms with Gasteiger partial charge in [0.1, 0.15) is 10.7 Å². The van der Waals surface area contributed by atoms with Crippen LogP contribution in [0.25, 0.3) is 0 Å². The molecular formula is C11H13FN4O2S. The number of rotatable bonds is 4. The molecule has 2 rings (SSSR count). The average molecular weight is 284 g/mol. The SMILES string of the molecule is Cn1cc(NS(=O)(=O)c2ccc(CN)cc2F)cn1. The van der Waals surface area contributed by atoms with E-state index in [9.17, 15) is 12.8 Å². The van der Waals surface area contributed by atoms with Gasteiger partial charge in [-0.25, -0.2) is 12.8 Å². The number of hydrogen-bond donors (Lipinski definition) is 2. The van der Waals surface area contributed by atoms with E-state index in [1.165, 1.54) is 29.2 Å². The fourth-order valence-electron chi connectivity index (χ4n) is 1.57. The molecule has 0 bridgehead atoms. The zero-order chi connectivity index (χ0) is 14.0. The molecule has 102 valence electrons. The lowest BCUT2D eigenvalue weighted by Gasteiger charge is -2.07. The summed E-state index contributed by atoms with van der Waals surface area (Å²) in [5, 5.41) is 3.82. The minimum atomic E-state index is -3.97. The largest absolute Gasteiger partial charge is 0.326 e. The molecule has 0 unspecified atom stereocenters. The lowest BCUT2D eigenvalue weighted by molar-refractivity contribution is 0.569. The van der Waals surface area contributed by atoms with Crippen molar-refractivity contribution in [3.05, 3.63) is 42.0 Å². The predicted molar refractivity (Wildman–Crippen MR) is 68.3 cm³/mol. The maximum absolute atomic E-state index is 13.7. The summed E-state index contributed by atoms with van der Waals surface area (Å²) in [4.78, 5) is -0.423. The number of sulfonamides is 1. The Labute approximate surface area is 110 Å². The third-order valence-corrected chi connectivity index (χ3v) is 3.89.